The van der Waals surface area contributed by atoms with Crippen LogP contribution in [0.25, 0.3) is 0 Å². The Morgan fingerprint density at radius 1 is 1.65 bits per heavy atom. The molecule has 4 heteroatoms. The summed E-state index contributed by atoms with van der Waals surface area (Å²) in [6, 6.07) is 0.366. The summed E-state index contributed by atoms with van der Waals surface area (Å²) in [4.78, 5) is 0. The van der Waals surface area contributed by atoms with Gasteiger partial charge in [-0.1, -0.05) is 0 Å². The van der Waals surface area contributed by atoms with Crippen LogP contribution >= 0.6 is 0 Å². The molecular weight excluding hydrogens is 214 g/mol. The minimum absolute atomic E-state index is 0.366. The molecule has 0 aliphatic carbocycles. The lowest BCUT2D eigenvalue weighted by molar-refractivity contribution is 0.0540. The maximum atomic E-state index is 5.49. The molecule has 0 amide bonds. The van der Waals surface area contributed by atoms with Crippen LogP contribution in [-0.2, 0) is 11.8 Å². The number of ether oxygens (including phenoxy) is 1. The van der Waals surface area contributed by atoms with E-state index in [2.05, 4.69) is 30.5 Å². The molecule has 4 nitrogen and oxygen atoms in total. The average Bonchev–Trinajstić information content (AvgIpc) is 2.67. The van der Waals surface area contributed by atoms with E-state index in [9.17, 15) is 0 Å². The zero-order valence-electron chi connectivity index (χ0n) is 11.1. The van der Waals surface area contributed by atoms with Crippen LogP contribution in [0, 0.1) is 12.8 Å². The van der Waals surface area contributed by atoms with Gasteiger partial charge in [0.2, 0.25) is 0 Å². The summed E-state index contributed by atoms with van der Waals surface area (Å²) in [5.41, 5.74) is 2.41. The largest absolute Gasteiger partial charge is 0.381 e. The molecule has 0 aromatic carbocycles. The second kappa shape index (κ2) is 5.65. The maximum Gasteiger partial charge on any atom is 0.0641 e. The van der Waals surface area contributed by atoms with Gasteiger partial charge in [0.05, 0.1) is 12.3 Å². The molecule has 17 heavy (non-hydrogen) atoms. The number of hydrogen-bond donors (Lipinski definition) is 1. The predicted octanol–water partition coefficient (Wildman–Crippen LogP) is 1.81. The van der Waals surface area contributed by atoms with Crippen molar-refractivity contribution in [2.75, 3.05) is 19.8 Å². The zero-order valence-corrected chi connectivity index (χ0v) is 11.1. The van der Waals surface area contributed by atoms with E-state index >= 15 is 0 Å². The number of aryl methyl sites for hydroxylation is 2. The van der Waals surface area contributed by atoms with Gasteiger partial charge in [-0.15, -0.1) is 0 Å². The minimum atomic E-state index is 0.366. The highest BCUT2D eigenvalue weighted by Gasteiger charge is 2.16. The fraction of sp³-hybridized carbons (Fsp3) is 0.769. The lowest BCUT2D eigenvalue weighted by Gasteiger charge is -2.24. The molecule has 1 saturated heterocycles. The van der Waals surface area contributed by atoms with Gasteiger partial charge in [0, 0.05) is 38.0 Å². The highest BCUT2D eigenvalue weighted by atomic mass is 16.5. The van der Waals surface area contributed by atoms with E-state index in [1.165, 1.54) is 18.4 Å². The molecule has 2 atom stereocenters. The molecule has 1 fully saturated rings. The highest BCUT2D eigenvalue weighted by Crippen LogP contribution is 2.18. The van der Waals surface area contributed by atoms with Gasteiger partial charge in [0.1, 0.15) is 0 Å². The number of aromatic nitrogens is 2. The highest BCUT2D eigenvalue weighted by molar-refractivity contribution is 5.19. The van der Waals surface area contributed by atoms with E-state index < -0.39 is 0 Å². The molecule has 2 heterocycles. The van der Waals surface area contributed by atoms with Gasteiger partial charge in [0.15, 0.2) is 0 Å². The second-order valence-electron chi connectivity index (χ2n) is 5.06. The Kier molecular flexibility index (Phi) is 4.18. The van der Waals surface area contributed by atoms with Crippen LogP contribution < -0.4 is 5.32 Å². The van der Waals surface area contributed by atoms with E-state index in [-0.39, 0.29) is 0 Å². The molecular formula is C13H23N3O. The van der Waals surface area contributed by atoms with E-state index in [1.807, 2.05) is 11.7 Å². The van der Waals surface area contributed by atoms with E-state index in [0.717, 1.165) is 25.5 Å². The molecule has 2 unspecified atom stereocenters. The zero-order chi connectivity index (χ0) is 12.3. The van der Waals surface area contributed by atoms with E-state index in [0.29, 0.717) is 12.0 Å². The Morgan fingerprint density at radius 3 is 3.06 bits per heavy atom. The molecule has 1 aliphatic heterocycles. The van der Waals surface area contributed by atoms with Crippen molar-refractivity contribution >= 4 is 0 Å². The van der Waals surface area contributed by atoms with Gasteiger partial charge in [-0.2, -0.15) is 5.10 Å². The van der Waals surface area contributed by atoms with Gasteiger partial charge in [-0.3, -0.25) is 4.68 Å². The van der Waals surface area contributed by atoms with Crippen molar-refractivity contribution in [3.63, 3.8) is 0 Å². The van der Waals surface area contributed by atoms with Crippen LogP contribution in [0.4, 0.5) is 0 Å². The van der Waals surface area contributed by atoms with Crippen molar-refractivity contribution < 1.29 is 4.74 Å². The Labute approximate surface area is 103 Å². The van der Waals surface area contributed by atoms with Crippen molar-refractivity contribution in [2.45, 2.75) is 32.7 Å². The molecule has 2 rings (SSSR count). The third kappa shape index (κ3) is 3.30. The summed E-state index contributed by atoms with van der Waals surface area (Å²) in [6.07, 6.45) is 4.59. The second-order valence-corrected chi connectivity index (χ2v) is 5.06. The summed E-state index contributed by atoms with van der Waals surface area (Å²) in [5, 5.41) is 7.97. The summed E-state index contributed by atoms with van der Waals surface area (Å²) < 4.78 is 7.37. The van der Waals surface area contributed by atoms with Gasteiger partial charge in [-0.05, 0) is 32.6 Å². The average molecular weight is 237 g/mol. The van der Waals surface area contributed by atoms with Crippen molar-refractivity contribution in [1.82, 2.24) is 15.1 Å². The Balaban J connectivity index is 1.84. The Morgan fingerprint density at radius 2 is 2.47 bits per heavy atom. The fourth-order valence-electron chi connectivity index (χ4n) is 2.46. The summed E-state index contributed by atoms with van der Waals surface area (Å²) in [7, 11) is 1.97. The van der Waals surface area contributed by atoms with Crippen molar-refractivity contribution in [3.05, 3.63) is 17.5 Å². The first-order valence-electron chi connectivity index (χ1n) is 6.48. The quantitative estimate of drug-likeness (QED) is 0.868. The monoisotopic (exact) mass is 237 g/mol. The lowest BCUT2D eigenvalue weighted by Crippen LogP contribution is -2.30. The van der Waals surface area contributed by atoms with Crippen LogP contribution in [-0.4, -0.2) is 29.5 Å². The fourth-order valence-corrected chi connectivity index (χ4v) is 2.46. The Hall–Kier alpha value is -0.870. The first-order chi connectivity index (χ1) is 8.16. The normalized spacial score (nSPS) is 22.6. The third-order valence-electron chi connectivity index (χ3n) is 3.49. The molecule has 1 aromatic rings. The summed E-state index contributed by atoms with van der Waals surface area (Å²) in [5.74, 6) is 0.670. The van der Waals surface area contributed by atoms with Gasteiger partial charge in [0.25, 0.3) is 0 Å². The number of nitrogens with one attached hydrogen (secondary N) is 1. The van der Waals surface area contributed by atoms with Crippen molar-refractivity contribution in [2.24, 2.45) is 13.0 Å². The lowest BCUT2D eigenvalue weighted by atomic mass is 10.0. The standard InChI is InChI=1S/C13H23N3O/c1-10(13-8-16(3)15-11(13)2)14-7-12-5-4-6-17-9-12/h8,10,12,14H,4-7,9H2,1-3H3. The van der Waals surface area contributed by atoms with Crippen LogP contribution in [0.5, 0.6) is 0 Å². The number of rotatable bonds is 4. The van der Waals surface area contributed by atoms with Crippen LogP contribution in [0.1, 0.15) is 37.1 Å². The van der Waals surface area contributed by atoms with Gasteiger partial charge in [-0.25, -0.2) is 0 Å². The number of hydrogen-bond acceptors (Lipinski definition) is 3. The smallest absolute Gasteiger partial charge is 0.0641 e. The molecule has 1 aliphatic rings. The molecule has 0 spiro atoms. The van der Waals surface area contributed by atoms with E-state index in [1.54, 1.807) is 0 Å². The van der Waals surface area contributed by atoms with Crippen LogP contribution in [0.3, 0.4) is 0 Å². The van der Waals surface area contributed by atoms with Gasteiger partial charge >= 0.3 is 0 Å². The van der Waals surface area contributed by atoms with E-state index in [4.69, 9.17) is 4.74 Å². The molecule has 0 bridgehead atoms. The van der Waals surface area contributed by atoms with Gasteiger partial charge < -0.3 is 10.1 Å². The Bertz CT molecular complexity index is 356. The van der Waals surface area contributed by atoms with Crippen molar-refractivity contribution in [1.29, 1.82) is 0 Å². The van der Waals surface area contributed by atoms with Crippen molar-refractivity contribution in [3.8, 4) is 0 Å². The first-order valence-corrected chi connectivity index (χ1v) is 6.48. The minimum Gasteiger partial charge on any atom is -0.381 e. The first kappa shape index (κ1) is 12.6. The van der Waals surface area contributed by atoms with Crippen LogP contribution in [0.2, 0.25) is 0 Å². The SMILES string of the molecule is Cc1nn(C)cc1C(C)NCC1CCCOC1. The molecule has 0 radical (unpaired) electrons. The molecule has 0 saturated carbocycles. The summed E-state index contributed by atoms with van der Waals surface area (Å²) >= 11 is 0. The number of nitrogens with zero attached hydrogens (tertiary/aromatic N) is 2. The molecule has 1 aromatic heterocycles. The molecule has 1 N–H and O–H groups in total. The third-order valence-corrected chi connectivity index (χ3v) is 3.49. The van der Waals surface area contributed by atoms with Crippen LogP contribution in [0.15, 0.2) is 6.20 Å². The topological polar surface area (TPSA) is 39.1 Å². The summed E-state index contributed by atoms with van der Waals surface area (Å²) in [6.45, 7) is 7.15. The molecule has 96 valence electrons. The predicted molar refractivity (Wildman–Crippen MR) is 67.9 cm³/mol. The maximum absolute atomic E-state index is 5.49.